The van der Waals surface area contributed by atoms with Crippen molar-refractivity contribution in [2.45, 2.75) is 5.37 Å². The number of thiol groups is 1. The third kappa shape index (κ3) is 2.16. The molecule has 1 unspecified atom stereocenters. The Hall–Kier alpha value is -0.670. The van der Waals surface area contributed by atoms with Crippen LogP contribution in [-0.2, 0) is 0 Å². The van der Waals surface area contributed by atoms with Crippen LogP contribution in [-0.4, -0.2) is 14.2 Å². The van der Waals surface area contributed by atoms with Gasteiger partial charge in [0.1, 0.15) is 5.75 Å². The lowest BCUT2D eigenvalue weighted by atomic mass is 10.2. The Morgan fingerprint density at radius 2 is 2.25 bits per heavy atom. The Kier molecular flexibility index (Phi) is 3.44. The molecule has 0 aliphatic rings. The van der Waals surface area contributed by atoms with E-state index in [4.69, 9.17) is 4.74 Å². The van der Waals surface area contributed by atoms with Crippen molar-refractivity contribution in [1.82, 2.24) is 5.32 Å². The Morgan fingerprint density at radius 3 is 2.83 bits per heavy atom. The number of ether oxygens (including phenoxy) is 1. The molecule has 12 heavy (non-hydrogen) atoms. The molecule has 1 rings (SSSR count). The van der Waals surface area contributed by atoms with Gasteiger partial charge in [0.25, 0.3) is 0 Å². The maximum Gasteiger partial charge on any atom is 0.119 e. The van der Waals surface area contributed by atoms with E-state index in [1.807, 2.05) is 31.3 Å². The molecule has 0 amide bonds. The summed E-state index contributed by atoms with van der Waals surface area (Å²) < 4.78 is 5.09. The van der Waals surface area contributed by atoms with Crippen LogP contribution in [0.15, 0.2) is 24.3 Å². The first kappa shape index (κ1) is 9.42. The standard InChI is InChI=1S/C9H13NOS/c1-10-9(12)7-4-3-5-8(6-7)11-2/h3-6,9-10,12H,1-2H3. The number of methoxy groups -OCH3 is 1. The average molecular weight is 183 g/mol. The molecular formula is C9H13NOS. The topological polar surface area (TPSA) is 21.3 Å². The summed E-state index contributed by atoms with van der Waals surface area (Å²) in [6.45, 7) is 0. The van der Waals surface area contributed by atoms with Crippen molar-refractivity contribution in [3.8, 4) is 5.75 Å². The highest BCUT2D eigenvalue weighted by molar-refractivity contribution is 7.80. The lowest BCUT2D eigenvalue weighted by Crippen LogP contribution is -2.09. The number of nitrogens with one attached hydrogen (secondary N) is 1. The minimum absolute atomic E-state index is 0.0695. The van der Waals surface area contributed by atoms with Gasteiger partial charge < -0.3 is 10.1 Å². The summed E-state index contributed by atoms with van der Waals surface area (Å²) in [7, 11) is 3.53. The maximum atomic E-state index is 5.09. The van der Waals surface area contributed by atoms with E-state index in [2.05, 4.69) is 17.9 Å². The fourth-order valence-electron chi connectivity index (χ4n) is 0.978. The van der Waals surface area contributed by atoms with Crippen LogP contribution in [0.3, 0.4) is 0 Å². The van der Waals surface area contributed by atoms with Gasteiger partial charge in [-0.3, -0.25) is 0 Å². The lowest BCUT2D eigenvalue weighted by Gasteiger charge is -2.10. The van der Waals surface area contributed by atoms with Crippen molar-refractivity contribution < 1.29 is 4.74 Å². The molecule has 0 bridgehead atoms. The van der Waals surface area contributed by atoms with E-state index >= 15 is 0 Å². The second kappa shape index (κ2) is 4.38. The molecule has 0 heterocycles. The van der Waals surface area contributed by atoms with Crippen LogP contribution < -0.4 is 10.1 Å². The fourth-order valence-corrected chi connectivity index (χ4v) is 1.14. The zero-order valence-electron chi connectivity index (χ0n) is 7.24. The molecule has 0 spiro atoms. The van der Waals surface area contributed by atoms with Gasteiger partial charge in [0.15, 0.2) is 0 Å². The number of hydrogen-bond acceptors (Lipinski definition) is 3. The summed E-state index contributed by atoms with van der Waals surface area (Å²) in [5.74, 6) is 0.863. The average Bonchev–Trinajstić information content (AvgIpc) is 2.17. The first-order chi connectivity index (χ1) is 5.77. The highest BCUT2D eigenvalue weighted by atomic mass is 32.1. The van der Waals surface area contributed by atoms with Gasteiger partial charge in [-0.15, -0.1) is 0 Å². The zero-order valence-corrected chi connectivity index (χ0v) is 8.14. The molecule has 0 radical (unpaired) electrons. The van der Waals surface area contributed by atoms with E-state index in [0.29, 0.717) is 0 Å². The summed E-state index contributed by atoms with van der Waals surface area (Å²) in [5.41, 5.74) is 1.11. The van der Waals surface area contributed by atoms with Gasteiger partial charge in [-0.2, -0.15) is 12.6 Å². The molecular weight excluding hydrogens is 170 g/mol. The molecule has 1 atom stereocenters. The van der Waals surface area contributed by atoms with E-state index < -0.39 is 0 Å². The maximum absolute atomic E-state index is 5.09. The van der Waals surface area contributed by atoms with Gasteiger partial charge in [-0.05, 0) is 24.7 Å². The quantitative estimate of drug-likeness (QED) is 0.551. The highest BCUT2D eigenvalue weighted by Crippen LogP contribution is 2.20. The molecule has 0 aliphatic carbocycles. The molecule has 0 saturated carbocycles. The largest absolute Gasteiger partial charge is 0.497 e. The summed E-state index contributed by atoms with van der Waals surface area (Å²) in [4.78, 5) is 0. The van der Waals surface area contributed by atoms with Gasteiger partial charge in [0.2, 0.25) is 0 Å². The van der Waals surface area contributed by atoms with Crippen molar-refractivity contribution >= 4 is 12.6 Å². The van der Waals surface area contributed by atoms with E-state index in [-0.39, 0.29) is 5.37 Å². The van der Waals surface area contributed by atoms with Crippen molar-refractivity contribution in [2.75, 3.05) is 14.2 Å². The van der Waals surface area contributed by atoms with E-state index in [1.54, 1.807) is 7.11 Å². The molecule has 0 aromatic heterocycles. The molecule has 1 N–H and O–H groups in total. The second-order valence-corrected chi connectivity index (χ2v) is 2.98. The number of rotatable bonds is 3. The predicted molar refractivity (Wildman–Crippen MR) is 53.8 cm³/mol. The van der Waals surface area contributed by atoms with Crippen LogP contribution in [0.4, 0.5) is 0 Å². The van der Waals surface area contributed by atoms with Crippen molar-refractivity contribution in [1.29, 1.82) is 0 Å². The van der Waals surface area contributed by atoms with Crippen molar-refractivity contribution in [2.24, 2.45) is 0 Å². The number of hydrogen-bond donors (Lipinski definition) is 2. The summed E-state index contributed by atoms with van der Waals surface area (Å²) >= 11 is 4.34. The molecule has 3 heteroatoms. The van der Waals surface area contributed by atoms with E-state index in [0.717, 1.165) is 11.3 Å². The van der Waals surface area contributed by atoms with Crippen LogP contribution >= 0.6 is 12.6 Å². The lowest BCUT2D eigenvalue weighted by molar-refractivity contribution is 0.414. The van der Waals surface area contributed by atoms with Crippen LogP contribution in [0.1, 0.15) is 10.9 Å². The van der Waals surface area contributed by atoms with E-state index in [1.165, 1.54) is 0 Å². The van der Waals surface area contributed by atoms with Gasteiger partial charge in [0.05, 0.1) is 12.5 Å². The van der Waals surface area contributed by atoms with Crippen molar-refractivity contribution in [3.63, 3.8) is 0 Å². The Morgan fingerprint density at radius 1 is 1.50 bits per heavy atom. The normalized spacial score (nSPS) is 12.6. The van der Waals surface area contributed by atoms with Crippen molar-refractivity contribution in [3.05, 3.63) is 29.8 Å². The summed E-state index contributed by atoms with van der Waals surface area (Å²) in [6, 6.07) is 7.85. The van der Waals surface area contributed by atoms with Gasteiger partial charge in [-0.1, -0.05) is 12.1 Å². The van der Waals surface area contributed by atoms with Gasteiger partial charge in [-0.25, -0.2) is 0 Å². The van der Waals surface area contributed by atoms with Crippen LogP contribution in [0, 0.1) is 0 Å². The second-order valence-electron chi connectivity index (χ2n) is 2.47. The molecule has 66 valence electrons. The molecule has 0 saturated heterocycles. The molecule has 0 fully saturated rings. The highest BCUT2D eigenvalue weighted by Gasteiger charge is 2.02. The van der Waals surface area contributed by atoms with Crippen LogP contribution in [0.2, 0.25) is 0 Å². The molecule has 1 aromatic rings. The van der Waals surface area contributed by atoms with Crippen LogP contribution in [0.5, 0.6) is 5.75 Å². The Bertz CT molecular complexity index is 252. The fraction of sp³-hybridized carbons (Fsp3) is 0.333. The minimum Gasteiger partial charge on any atom is -0.497 e. The predicted octanol–water partition coefficient (Wildman–Crippen LogP) is 1.84. The molecule has 1 aromatic carbocycles. The monoisotopic (exact) mass is 183 g/mol. The zero-order chi connectivity index (χ0) is 8.97. The molecule has 2 nitrogen and oxygen atoms in total. The summed E-state index contributed by atoms with van der Waals surface area (Å²) in [6.07, 6.45) is 0. The van der Waals surface area contributed by atoms with E-state index in [9.17, 15) is 0 Å². The van der Waals surface area contributed by atoms with Gasteiger partial charge >= 0.3 is 0 Å². The first-order valence-corrected chi connectivity index (χ1v) is 4.29. The first-order valence-electron chi connectivity index (χ1n) is 3.77. The Labute approximate surface area is 78.3 Å². The summed E-state index contributed by atoms with van der Waals surface area (Å²) in [5, 5.41) is 3.11. The molecule has 0 aliphatic heterocycles. The SMILES string of the molecule is CNC(S)c1cccc(OC)c1. The van der Waals surface area contributed by atoms with Gasteiger partial charge in [0, 0.05) is 0 Å². The third-order valence-corrected chi connectivity index (χ3v) is 2.24. The smallest absolute Gasteiger partial charge is 0.119 e. The Balaban J connectivity index is 2.86. The minimum atomic E-state index is 0.0695. The van der Waals surface area contributed by atoms with Crippen LogP contribution in [0.25, 0.3) is 0 Å². The number of benzene rings is 1. The third-order valence-electron chi connectivity index (χ3n) is 1.68.